The summed E-state index contributed by atoms with van der Waals surface area (Å²) in [6.45, 7) is 11.0. The van der Waals surface area contributed by atoms with Crippen molar-refractivity contribution < 1.29 is 14.7 Å². The molecule has 1 saturated carbocycles. The van der Waals surface area contributed by atoms with Crippen molar-refractivity contribution >= 4 is 11.8 Å². The molecule has 1 aliphatic rings. The van der Waals surface area contributed by atoms with Gasteiger partial charge in [0.1, 0.15) is 6.04 Å². The molecule has 172 valence electrons. The standard InChI is InChI=1S/C20H39N3O3.C3H8/c1-15(2)12-18(14-24)23-20(26)16(3)22-19(25)13-21-11-7-10-17-8-5-4-6-9-17;1-3-2/h15-18,21,24H,4-14H2,1-3H3,(H,22,25)(H,23,26);3H2,1-2H3/t16-,18?;/m0./s1. The van der Waals surface area contributed by atoms with Crippen molar-refractivity contribution in [1.82, 2.24) is 16.0 Å². The first-order chi connectivity index (χ1) is 13.8. The lowest BCUT2D eigenvalue weighted by Crippen LogP contribution is -2.50. The minimum Gasteiger partial charge on any atom is -0.394 e. The Morgan fingerprint density at radius 1 is 1.03 bits per heavy atom. The molecule has 2 amide bonds. The summed E-state index contributed by atoms with van der Waals surface area (Å²) in [6, 6.07) is -0.868. The Bertz CT molecular complexity index is 424. The van der Waals surface area contributed by atoms with Gasteiger partial charge in [0.25, 0.3) is 0 Å². The van der Waals surface area contributed by atoms with Gasteiger partial charge in [-0.25, -0.2) is 0 Å². The average Bonchev–Trinajstić information content (AvgIpc) is 2.68. The monoisotopic (exact) mass is 413 g/mol. The van der Waals surface area contributed by atoms with Crippen LogP contribution in [0, 0.1) is 11.8 Å². The van der Waals surface area contributed by atoms with Gasteiger partial charge in [0, 0.05) is 0 Å². The third-order valence-corrected chi connectivity index (χ3v) is 5.07. The number of carbonyl (C=O) groups excluding carboxylic acids is 2. The van der Waals surface area contributed by atoms with Crippen LogP contribution in [0.25, 0.3) is 0 Å². The van der Waals surface area contributed by atoms with Crippen molar-refractivity contribution in [3.63, 3.8) is 0 Å². The van der Waals surface area contributed by atoms with Crippen LogP contribution in [-0.4, -0.2) is 48.7 Å². The molecule has 0 bridgehead atoms. The molecule has 6 nitrogen and oxygen atoms in total. The van der Waals surface area contributed by atoms with Gasteiger partial charge in [-0.3, -0.25) is 9.59 Å². The van der Waals surface area contributed by atoms with Crippen LogP contribution in [0.2, 0.25) is 0 Å². The number of aliphatic hydroxyl groups excluding tert-OH is 1. The van der Waals surface area contributed by atoms with E-state index in [-0.39, 0.29) is 31.0 Å². The van der Waals surface area contributed by atoms with E-state index in [0.717, 1.165) is 18.9 Å². The summed E-state index contributed by atoms with van der Waals surface area (Å²) in [6.07, 6.45) is 11.1. The fourth-order valence-electron chi connectivity index (χ4n) is 3.63. The summed E-state index contributed by atoms with van der Waals surface area (Å²) in [7, 11) is 0. The maximum atomic E-state index is 12.1. The second kappa shape index (κ2) is 17.7. The third-order valence-electron chi connectivity index (χ3n) is 5.07. The Kier molecular flexibility index (Phi) is 17.0. The van der Waals surface area contributed by atoms with Gasteiger partial charge < -0.3 is 21.1 Å². The molecule has 0 saturated heterocycles. The minimum atomic E-state index is -0.604. The molecular formula is C23H47N3O3. The molecule has 1 rings (SSSR count). The zero-order valence-corrected chi connectivity index (χ0v) is 19.6. The number of amides is 2. The van der Waals surface area contributed by atoms with E-state index in [1.165, 1.54) is 44.9 Å². The number of carbonyl (C=O) groups is 2. The van der Waals surface area contributed by atoms with Crippen LogP contribution >= 0.6 is 0 Å². The lowest BCUT2D eigenvalue weighted by molar-refractivity contribution is -0.128. The Labute approximate surface area is 179 Å². The van der Waals surface area contributed by atoms with Gasteiger partial charge in [-0.15, -0.1) is 0 Å². The number of aliphatic hydroxyl groups is 1. The normalized spacial score (nSPS) is 16.5. The van der Waals surface area contributed by atoms with Crippen LogP contribution in [0.15, 0.2) is 0 Å². The SMILES string of the molecule is CC(C)CC(CO)NC(=O)[C@H](C)NC(=O)CNCCCC1CCCCC1.CCC. The van der Waals surface area contributed by atoms with E-state index in [9.17, 15) is 14.7 Å². The zero-order valence-electron chi connectivity index (χ0n) is 19.6. The Hall–Kier alpha value is -1.14. The summed E-state index contributed by atoms with van der Waals surface area (Å²) in [5.74, 6) is 0.827. The van der Waals surface area contributed by atoms with Crippen molar-refractivity contribution in [3.8, 4) is 0 Å². The topological polar surface area (TPSA) is 90.5 Å². The molecule has 0 radical (unpaired) electrons. The molecule has 0 spiro atoms. The fraction of sp³-hybridized carbons (Fsp3) is 0.913. The van der Waals surface area contributed by atoms with Crippen molar-refractivity contribution in [3.05, 3.63) is 0 Å². The molecular weight excluding hydrogens is 366 g/mol. The highest BCUT2D eigenvalue weighted by molar-refractivity contribution is 5.88. The van der Waals surface area contributed by atoms with Crippen LogP contribution in [-0.2, 0) is 9.59 Å². The van der Waals surface area contributed by atoms with E-state index in [1.54, 1.807) is 6.92 Å². The maximum absolute atomic E-state index is 12.1. The van der Waals surface area contributed by atoms with Crippen LogP contribution in [0.3, 0.4) is 0 Å². The van der Waals surface area contributed by atoms with E-state index >= 15 is 0 Å². The molecule has 0 heterocycles. The first-order valence-corrected chi connectivity index (χ1v) is 11.7. The molecule has 1 unspecified atom stereocenters. The second-order valence-corrected chi connectivity index (χ2v) is 8.84. The van der Waals surface area contributed by atoms with E-state index in [4.69, 9.17) is 0 Å². The fourth-order valence-corrected chi connectivity index (χ4v) is 3.63. The highest BCUT2D eigenvalue weighted by Crippen LogP contribution is 2.26. The molecule has 4 N–H and O–H groups in total. The molecule has 1 fully saturated rings. The van der Waals surface area contributed by atoms with Gasteiger partial charge in [-0.1, -0.05) is 66.2 Å². The van der Waals surface area contributed by atoms with Crippen molar-refractivity contribution in [2.45, 2.75) is 104 Å². The summed E-state index contributed by atoms with van der Waals surface area (Å²) < 4.78 is 0. The second-order valence-electron chi connectivity index (χ2n) is 8.84. The number of nitrogens with one attached hydrogen (secondary N) is 3. The lowest BCUT2D eigenvalue weighted by Gasteiger charge is -2.22. The van der Waals surface area contributed by atoms with Gasteiger partial charge in [-0.2, -0.15) is 0 Å². The predicted octanol–water partition coefficient (Wildman–Crippen LogP) is 3.38. The van der Waals surface area contributed by atoms with Crippen LogP contribution < -0.4 is 16.0 Å². The zero-order chi connectivity index (χ0) is 22.1. The first kappa shape index (κ1) is 27.9. The minimum absolute atomic E-state index is 0.0901. The quantitative estimate of drug-likeness (QED) is 0.369. The van der Waals surface area contributed by atoms with E-state index in [0.29, 0.717) is 12.3 Å². The first-order valence-electron chi connectivity index (χ1n) is 11.7. The maximum Gasteiger partial charge on any atom is 0.242 e. The van der Waals surface area contributed by atoms with Gasteiger partial charge in [0.15, 0.2) is 0 Å². The Morgan fingerprint density at radius 2 is 1.66 bits per heavy atom. The lowest BCUT2D eigenvalue weighted by atomic mass is 9.86. The van der Waals surface area contributed by atoms with E-state index < -0.39 is 6.04 Å². The van der Waals surface area contributed by atoms with Gasteiger partial charge in [0.05, 0.1) is 19.2 Å². The molecule has 29 heavy (non-hydrogen) atoms. The molecule has 6 heteroatoms. The summed E-state index contributed by atoms with van der Waals surface area (Å²) in [5.41, 5.74) is 0. The van der Waals surface area contributed by atoms with Crippen LogP contribution in [0.4, 0.5) is 0 Å². The van der Waals surface area contributed by atoms with Gasteiger partial charge >= 0.3 is 0 Å². The smallest absolute Gasteiger partial charge is 0.242 e. The van der Waals surface area contributed by atoms with Gasteiger partial charge in [-0.05, 0) is 44.6 Å². The van der Waals surface area contributed by atoms with Crippen LogP contribution in [0.1, 0.15) is 92.4 Å². The number of hydrogen-bond acceptors (Lipinski definition) is 4. The van der Waals surface area contributed by atoms with Crippen LogP contribution in [0.5, 0.6) is 0 Å². The summed E-state index contributed by atoms with van der Waals surface area (Å²) in [4.78, 5) is 24.1. The third kappa shape index (κ3) is 15.4. The Morgan fingerprint density at radius 3 is 2.21 bits per heavy atom. The highest BCUT2D eigenvalue weighted by Gasteiger charge is 2.19. The highest BCUT2D eigenvalue weighted by atomic mass is 16.3. The van der Waals surface area contributed by atoms with Gasteiger partial charge in [0.2, 0.25) is 11.8 Å². The van der Waals surface area contributed by atoms with E-state index in [2.05, 4.69) is 29.8 Å². The molecule has 0 aliphatic heterocycles. The largest absolute Gasteiger partial charge is 0.394 e. The van der Waals surface area contributed by atoms with Crippen molar-refractivity contribution in [2.24, 2.45) is 11.8 Å². The molecule has 0 aromatic carbocycles. The Balaban J connectivity index is 0.00000245. The molecule has 2 atom stereocenters. The number of hydrogen-bond donors (Lipinski definition) is 4. The van der Waals surface area contributed by atoms with Crippen molar-refractivity contribution in [2.75, 3.05) is 19.7 Å². The summed E-state index contributed by atoms with van der Waals surface area (Å²) in [5, 5.41) is 18.0. The molecule has 0 aromatic heterocycles. The predicted molar refractivity (Wildman–Crippen MR) is 121 cm³/mol. The number of rotatable bonds is 12. The van der Waals surface area contributed by atoms with E-state index in [1.807, 2.05) is 13.8 Å². The average molecular weight is 414 g/mol. The molecule has 0 aromatic rings. The summed E-state index contributed by atoms with van der Waals surface area (Å²) >= 11 is 0. The molecule has 1 aliphatic carbocycles. The van der Waals surface area contributed by atoms with Crippen molar-refractivity contribution in [1.29, 1.82) is 0 Å².